The zero-order valence-corrected chi connectivity index (χ0v) is 12.5. The largest absolute Gasteiger partial charge is 0.471 e. The second-order valence-electron chi connectivity index (χ2n) is 4.51. The van der Waals surface area contributed by atoms with Gasteiger partial charge in [-0.3, -0.25) is 5.10 Å². The van der Waals surface area contributed by atoms with Crippen molar-refractivity contribution in [1.82, 2.24) is 10.2 Å². The van der Waals surface area contributed by atoms with Gasteiger partial charge in [0.15, 0.2) is 0 Å². The summed E-state index contributed by atoms with van der Waals surface area (Å²) in [5.74, 6) is 0.539. The molecule has 21 heavy (non-hydrogen) atoms. The molecule has 1 N–H and O–H groups in total. The number of rotatable bonds is 4. The van der Waals surface area contributed by atoms with E-state index in [2.05, 4.69) is 10.2 Å². The quantitative estimate of drug-likeness (QED) is 0.738. The predicted molar refractivity (Wildman–Crippen MR) is 84.8 cm³/mol. The van der Waals surface area contributed by atoms with Gasteiger partial charge in [0.25, 0.3) is 0 Å². The monoisotopic (exact) mass is 318 g/mol. The van der Waals surface area contributed by atoms with Crippen molar-refractivity contribution < 1.29 is 4.74 Å². The van der Waals surface area contributed by atoms with Gasteiger partial charge in [-0.2, -0.15) is 0 Å². The average Bonchev–Trinajstić information content (AvgIpc) is 2.97. The molecule has 0 amide bonds. The van der Waals surface area contributed by atoms with Gasteiger partial charge in [0.2, 0.25) is 5.88 Å². The molecule has 0 saturated heterocycles. The van der Waals surface area contributed by atoms with E-state index in [4.69, 9.17) is 27.9 Å². The van der Waals surface area contributed by atoms with Gasteiger partial charge in [-0.1, -0.05) is 59.6 Å². The Morgan fingerprint density at radius 2 is 1.81 bits per heavy atom. The first kappa shape index (κ1) is 14.0. The molecule has 5 heteroatoms. The number of nitrogens with zero attached hydrogens (tertiary/aromatic N) is 1. The van der Waals surface area contributed by atoms with Crippen LogP contribution in [-0.2, 0) is 6.61 Å². The van der Waals surface area contributed by atoms with Gasteiger partial charge < -0.3 is 4.74 Å². The number of aromatic amines is 1. The Morgan fingerprint density at radius 3 is 2.57 bits per heavy atom. The van der Waals surface area contributed by atoms with Crippen LogP contribution in [0.5, 0.6) is 5.88 Å². The van der Waals surface area contributed by atoms with Crippen molar-refractivity contribution in [3.05, 3.63) is 70.3 Å². The minimum atomic E-state index is 0.458. The summed E-state index contributed by atoms with van der Waals surface area (Å²) in [4.78, 5) is 0. The number of H-pyrrole nitrogens is 1. The minimum absolute atomic E-state index is 0.458. The summed E-state index contributed by atoms with van der Waals surface area (Å²) in [6, 6.07) is 15.4. The van der Waals surface area contributed by atoms with Crippen molar-refractivity contribution in [2.24, 2.45) is 0 Å². The van der Waals surface area contributed by atoms with Crippen molar-refractivity contribution in [1.29, 1.82) is 0 Å². The molecule has 0 aliphatic heterocycles. The van der Waals surface area contributed by atoms with E-state index >= 15 is 0 Å². The Balaban J connectivity index is 1.82. The topological polar surface area (TPSA) is 37.9 Å². The van der Waals surface area contributed by atoms with Crippen LogP contribution < -0.4 is 4.74 Å². The summed E-state index contributed by atoms with van der Waals surface area (Å²) < 4.78 is 5.77. The molecule has 1 aromatic heterocycles. The third-order valence-electron chi connectivity index (χ3n) is 3.05. The zero-order valence-electron chi connectivity index (χ0n) is 11.0. The number of aromatic nitrogens is 2. The summed E-state index contributed by atoms with van der Waals surface area (Å²) in [6.07, 6.45) is 1.78. The summed E-state index contributed by atoms with van der Waals surface area (Å²) in [7, 11) is 0. The van der Waals surface area contributed by atoms with Crippen LogP contribution in [0.2, 0.25) is 10.0 Å². The van der Waals surface area contributed by atoms with Gasteiger partial charge in [-0.05, 0) is 23.3 Å². The summed E-state index contributed by atoms with van der Waals surface area (Å²) in [5, 5.41) is 7.98. The van der Waals surface area contributed by atoms with Crippen LogP contribution in [0.1, 0.15) is 5.56 Å². The van der Waals surface area contributed by atoms with Crippen LogP contribution in [0.25, 0.3) is 11.1 Å². The Morgan fingerprint density at radius 1 is 1.00 bits per heavy atom. The molecule has 3 nitrogen and oxygen atoms in total. The Hall–Kier alpha value is -1.97. The Kier molecular flexibility index (Phi) is 4.13. The van der Waals surface area contributed by atoms with Gasteiger partial charge >= 0.3 is 0 Å². The number of ether oxygens (including phenoxy) is 1. The average molecular weight is 319 g/mol. The molecule has 0 bridgehead atoms. The first-order chi connectivity index (χ1) is 10.2. The van der Waals surface area contributed by atoms with Gasteiger partial charge in [-0.25, -0.2) is 0 Å². The highest BCUT2D eigenvalue weighted by Crippen LogP contribution is 2.32. The summed E-state index contributed by atoms with van der Waals surface area (Å²) >= 11 is 12.0. The fraction of sp³-hybridized carbons (Fsp3) is 0.0625. The second kappa shape index (κ2) is 6.20. The van der Waals surface area contributed by atoms with Crippen LogP contribution in [-0.4, -0.2) is 10.2 Å². The molecule has 0 unspecified atom stereocenters. The summed E-state index contributed by atoms with van der Waals surface area (Å²) in [5.41, 5.74) is 2.84. The highest BCUT2D eigenvalue weighted by atomic mass is 35.5. The van der Waals surface area contributed by atoms with Crippen LogP contribution in [0, 0.1) is 0 Å². The standard InChI is InChI=1S/C16H12Cl2N2O/c17-14-7-6-12(8-15(14)18)13-9-19-20-16(13)21-10-11-4-2-1-3-5-11/h1-9H,10H2,(H,19,20). The van der Waals surface area contributed by atoms with Gasteiger partial charge in [-0.15, -0.1) is 5.10 Å². The van der Waals surface area contributed by atoms with Crippen LogP contribution in [0.4, 0.5) is 0 Å². The zero-order chi connectivity index (χ0) is 14.7. The van der Waals surface area contributed by atoms with Gasteiger partial charge in [0.05, 0.1) is 15.6 Å². The highest BCUT2D eigenvalue weighted by Gasteiger charge is 2.11. The molecule has 0 aliphatic rings. The highest BCUT2D eigenvalue weighted by molar-refractivity contribution is 6.42. The number of benzene rings is 2. The maximum absolute atomic E-state index is 6.05. The third-order valence-corrected chi connectivity index (χ3v) is 3.79. The molecular formula is C16H12Cl2N2O. The predicted octanol–water partition coefficient (Wildman–Crippen LogP) is 4.96. The number of hydrogen-bond acceptors (Lipinski definition) is 2. The number of nitrogens with one attached hydrogen (secondary N) is 1. The molecule has 3 rings (SSSR count). The van der Waals surface area contributed by atoms with E-state index in [0.29, 0.717) is 22.5 Å². The van der Waals surface area contributed by atoms with Crippen molar-refractivity contribution in [2.45, 2.75) is 6.61 Å². The normalized spacial score (nSPS) is 10.6. The van der Waals surface area contributed by atoms with Gasteiger partial charge in [0.1, 0.15) is 6.61 Å². The molecule has 3 aromatic rings. The Bertz CT molecular complexity index is 741. The number of hydrogen-bond donors (Lipinski definition) is 1. The van der Waals surface area contributed by atoms with Crippen LogP contribution >= 0.6 is 23.2 Å². The molecule has 1 heterocycles. The Labute approximate surface area is 132 Å². The maximum atomic E-state index is 6.05. The first-order valence-corrected chi connectivity index (χ1v) is 7.15. The molecule has 0 saturated carbocycles. The number of halogens is 2. The lowest BCUT2D eigenvalue weighted by Gasteiger charge is -2.06. The van der Waals surface area contributed by atoms with Crippen molar-refractivity contribution in [3.63, 3.8) is 0 Å². The van der Waals surface area contributed by atoms with Crippen molar-refractivity contribution >= 4 is 23.2 Å². The summed E-state index contributed by atoms with van der Waals surface area (Å²) in [6.45, 7) is 0.458. The SMILES string of the molecule is Clc1ccc(-c2c[nH]nc2OCc2ccccc2)cc1Cl. The van der Waals surface area contributed by atoms with E-state index < -0.39 is 0 Å². The first-order valence-electron chi connectivity index (χ1n) is 6.40. The van der Waals surface area contributed by atoms with E-state index in [1.54, 1.807) is 18.3 Å². The minimum Gasteiger partial charge on any atom is -0.471 e. The molecule has 0 spiro atoms. The van der Waals surface area contributed by atoms with Crippen molar-refractivity contribution in [2.75, 3.05) is 0 Å². The molecule has 0 radical (unpaired) electrons. The third kappa shape index (κ3) is 3.20. The molecular weight excluding hydrogens is 307 g/mol. The van der Waals surface area contributed by atoms with Crippen LogP contribution in [0.15, 0.2) is 54.7 Å². The second-order valence-corrected chi connectivity index (χ2v) is 5.32. The van der Waals surface area contributed by atoms with Crippen LogP contribution in [0.3, 0.4) is 0 Å². The molecule has 106 valence electrons. The molecule has 0 atom stereocenters. The van der Waals surface area contributed by atoms with E-state index in [0.717, 1.165) is 16.7 Å². The van der Waals surface area contributed by atoms with Crippen molar-refractivity contribution in [3.8, 4) is 17.0 Å². The van der Waals surface area contributed by atoms with Gasteiger partial charge in [0, 0.05) is 6.20 Å². The molecule has 0 aliphatic carbocycles. The fourth-order valence-electron chi connectivity index (χ4n) is 1.98. The van der Waals surface area contributed by atoms with E-state index in [1.165, 1.54) is 0 Å². The fourth-order valence-corrected chi connectivity index (χ4v) is 2.28. The lowest BCUT2D eigenvalue weighted by molar-refractivity contribution is 0.294. The smallest absolute Gasteiger partial charge is 0.240 e. The van der Waals surface area contributed by atoms with E-state index in [9.17, 15) is 0 Å². The lowest BCUT2D eigenvalue weighted by Crippen LogP contribution is -1.96. The maximum Gasteiger partial charge on any atom is 0.240 e. The molecule has 2 aromatic carbocycles. The van der Waals surface area contributed by atoms with E-state index in [1.807, 2.05) is 36.4 Å². The lowest BCUT2D eigenvalue weighted by atomic mass is 10.1. The molecule has 0 fully saturated rings. The van der Waals surface area contributed by atoms with E-state index in [-0.39, 0.29) is 0 Å².